The van der Waals surface area contributed by atoms with Gasteiger partial charge >= 0.3 is 0 Å². The summed E-state index contributed by atoms with van der Waals surface area (Å²) in [5, 5.41) is 3.48. The van der Waals surface area contributed by atoms with Gasteiger partial charge in [-0.15, -0.1) is 23.2 Å². The van der Waals surface area contributed by atoms with Crippen LogP contribution in [0.2, 0.25) is 0 Å². The van der Waals surface area contributed by atoms with Gasteiger partial charge in [-0.2, -0.15) is 0 Å². The number of nitrogens with one attached hydrogen (secondary N) is 1. The first-order valence-corrected chi connectivity index (χ1v) is 7.07. The summed E-state index contributed by atoms with van der Waals surface area (Å²) in [7, 11) is 0. The molecule has 0 amide bonds. The first-order valence-electron chi connectivity index (χ1n) is 6.00. The zero-order chi connectivity index (χ0) is 12.9. The highest BCUT2D eigenvalue weighted by Gasteiger charge is 2.25. The molecule has 0 saturated heterocycles. The van der Waals surface area contributed by atoms with Gasteiger partial charge in [-0.05, 0) is 37.0 Å². The van der Waals surface area contributed by atoms with Crippen molar-refractivity contribution in [2.24, 2.45) is 0 Å². The molecule has 0 radical (unpaired) electrons. The van der Waals surface area contributed by atoms with Crippen molar-refractivity contribution in [3.05, 3.63) is 34.9 Å². The Labute approximate surface area is 115 Å². The zero-order valence-corrected chi connectivity index (χ0v) is 12.3. The molecule has 0 aliphatic rings. The average molecular weight is 274 g/mol. The molecule has 17 heavy (non-hydrogen) atoms. The van der Waals surface area contributed by atoms with Gasteiger partial charge < -0.3 is 5.32 Å². The third-order valence-electron chi connectivity index (χ3n) is 3.43. The first kappa shape index (κ1) is 14.8. The lowest BCUT2D eigenvalue weighted by molar-refractivity contribution is 0.384. The molecular formula is C14H21Cl2N. The van der Waals surface area contributed by atoms with Crippen LogP contribution in [-0.2, 0) is 6.54 Å². The van der Waals surface area contributed by atoms with Crippen LogP contribution in [0.3, 0.4) is 0 Å². The molecule has 1 nitrogen and oxygen atoms in total. The molecule has 0 bridgehead atoms. The van der Waals surface area contributed by atoms with Crippen molar-refractivity contribution in [2.45, 2.75) is 39.3 Å². The average Bonchev–Trinajstić information content (AvgIpc) is 2.36. The Morgan fingerprint density at radius 2 is 1.76 bits per heavy atom. The van der Waals surface area contributed by atoms with Crippen LogP contribution >= 0.6 is 23.2 Å². The quantitative estimate of drug-likeness (QED) is 0.772. The maximum absolute atomic E-state index is 6.00. The SMILES string of the molecule is CCC(CCl)(CCl)NCc1ccc(C)c(C)c1. The van der Waals surface area contributed by atoms with E-state index in [1.165, 1.54) is 16.7 Å². The van der Waals surface area contributed by atoms with E-state index in [1.54, 1.807) is 0 Å². The molecule has 0 saturated carbocycles. The Bertz CT molecular complexity index is 351. The van der Waals surface area contributed by atoms with Crippen LogP contribution in [0, 0.1) is 13.8 Å². The molecule has 3 heteroatoms. The second-order valence-electron chi connectivity index (χ2n) is 4.67. The molecule has 0 atom stereocenters. The molecule has 0 heterocycles. The zero-order valence-electron chi connectivity index (χ0n) is 10.8. The summed E-state index contributed by atoms with van der Waals surface area (Å²) in [4.78, 5) is 0. The van der Waals surface area contributed by atoms with Crippen LogP contribution in [0.5, 0.6) is 0 Å². The van der Waals surface area contributed by atoms with Gasteiger partial charge in [-0.1, -0.05) is 25.1 Å². The number of alkyl halides is 2. The molecule has 1 aromatic carbocycles. The summed E-state index contributed by atoms with van der Waals surface area (Å²) in [6.07, 6.45) is 0.935. The van der Waals surface area contributed by atoms with Gasteiger partial charge in [-0.3, -0.25) is 0 Å². The lowest BCUT2D eigenvalue weighted by Gasteiger charge is -2.29. The van der Waals surface area contributed by atoms with E-state index in [4.69, 9.17) is 23.2 Å². The van der Waals surface area contributed by atoms with Crippen molar-refractivity contribution in [1.29, 1.82) is 0 Å². The predicted molar refractivity (Wildman–Crippen MR) is 77.2 cm³/mol. The molecule has 1 rings (SSSR count). The summed E-state index contributed by atoms with van der Waals surface area (Å²) < 4.78 is 0. The molecule has 0 fully saturated rings. The molecule has 96 valence electrons. The normalized spacial score (nSPS) is 11.8. The minimum absolute atomic E-state index is 0.151. The van der Waals surface area contributed by atoms with Crippen molar-refractivity contribution in [3.8, 4) is 0 Å². The van der Waals surface area contributed by atoms with Crippen LogP contribution in [0.15, 0.2) is 18.2 Å². The fourth-order valence-corrected chi connectivity index (χ4v) is 2.50. The van der Waals surface area contributed by atoms with E-state index in [9.17, 15) is 0 Å². The second kappa shape index (κ2) is 6.63. The van der Waals surface area contributed by atoms with E-state index in [0.29, 0.717) is 11.8 Å². The minimum atomic E-state index is -0.151. The second-order valence-corrected chi connectivity index (χ2v) is 5.21. The Balaban J connectivity index is 2.68. The highest BCUT2D eigenvalue weighted by atomic mass is 35.5. The lowest BCUT2D eigenvalue weighted by atomic mass is 10.00. The standard InChI is InChI=1S/C14H21Cl2N/c1-4-14(9-15,10-16)17-8-13-6-5-11(2)12(3)7-13/h5-7,17H,4,8-10H2,1-3H3. The van der Waals surface area contributed by atoms with E-state index in [1.807, 2.05) is 0 Å². The van der Waals surface area contributed by atoms with E-state index < -0.39 is 0 Å². The maximum atomic E-state index is 6.00. The maximum Gasteiger partial charge on any atom is 0.0453 e. The smallest absolute Gasteiger partial charge is 0.0453 e. The summed E-state index contributed by atoms with van der Waals surface area (Å²) in [5.74, 6) is 1.08. The van der Waals surface area contributed by atoms with Crippen LogP contribution < -0.4 is 5.32 Å². The van der Waals surface area contributed by atoms with Crippen molar-refractivity contribution in [3.63, 3.8) is 0 Å². The van der Waals surface area contributed by atoms with Crippen LogP contribution in [0.4, 0.5) is 0 Å². The van der Waals surface area contributed by atoms with Gasteiger partial charge in [0.1, 0.15) is 0 Å². The topological polar surface area (TPSA) is 12.0 Å². The number of halogens is 2. The molecule has 0 aromatic heterocycles. The van der Waals surface area contributed by atoms with Crippen LogP contribution in [0.1, 0.15) is 30.0 Å². The number of aryl methyl sites for hydroxylation is 2. The van der Waals surface area contributed by atoms with Crippen molar-refractivity contribution in [1.82, 2.24) is 5.32 Å². The molecule has 1 aromatic rings. The third-order valence-corrected chi connectivity index (χ3v) is 4.45. The number of hydrogen-bond donors (Lipinski definition) is 1. The fraction of sp³-hybridized carbons (Fsp3) is 0.571. The van der Waals surface area contributed by atoms with Crippen LogP contribution in [0.25, 0.3) is 0 Å². The van der Waals surface area contributed by atoms with Crippen molar-refractivity contribution in [2.75, 3.05) is 11.8 Å². The van der Waals surface area contributed by atoms with Gasteiger partial charge in [0, 0.05) is 23.8 Å². The van der Waals surface area contributed by atoms with Gasteiger partial charge in [-0.25, -0.2) is 0 Å². The minimum Gasteiger partial charge on any atom is -0.305 e. The van der Waals surface area contributed by atoms with Gasteiger partial charge in [0.05, 0.1) is 0 Å². The van der Waals surface area contributed by atoms with Gasteiger partial charge in [0.25, 0.3) is 0 Å². The predicted octanol–water partition coefficient (Wildman–Crippen LogP) is 4.02. The van der Waals surface area contributed by atoms with Crippen LogP contribution in [-0.4, -0.2) is 17.3 Å². The van der Waals surface area contributed by atoms with E-state index in [-0.39, 0.29) is 5.54 Å². The Morgan fingerprint density at radius 1 is 1.12 bits per heavy atom. The van der Waals surface area contributed by atoms with E-state index >= 15 is 0 Å². The summed E-state index contributed by atoms with van der Waals surface area (Å²) in [5.41, 5.74) is 3.77. The lowest BCUT2D eigenvalue weighted by Crippen LogP contribution is -2.47. The number of hydrogen-bond acceptors (Lipinski definition) is 1. The molecule has 0 unspecified atom stereocenters. The van der Waals surface area contributed by atoms with E-state index in [2.05, 4.69) is 44.3 Å². The molecule has 1 N–H and O–H groups in total. The number of rotatable bonds is 6. The Hall–Kier alpha value is -0.240. The van der Waals surface area contributed by atoms with E-state index in [0.717, 1.165) is 13.0 Å². The number of benzene rings is 1. The highest BCUT2D eigenvalue weighted by molar-refractivity contribution is 6.22. The summed E-state index contributed by atoms with van der Waals surface area (Å²) in [6, 6.07) is 6.52. The highest BCUT2D eigenvalue weighted by Crippen LogP contribution is 2.17. The Kier molecular flexibility index (Phi) is 5.78. The third kappa shape index (κ3) is 3.87. The molecular weight excluding hydrogens is 253 g/mol. The summed E-state index contributed by atoms with van der Waals surface area (Å²) >= 11 is 12.0. The van der Waals surface area contributed by atoms with Gasteiger partial charge in [0.2, 0.25) is 0 Å². The van der Waals surface area contributed by atoms with Crippen molar-refractivity contribution < 1.29 is 0 Å². The fourth-order valence-electron chi connectivity index (χ4n) is 1.65. The Morgan fingerprint density at radius 3 is 2.24 bits per heavy atom. The molecule has 0 aliphatic heterocycles. The van der Waals surface area contributed by atoms with Gasteiger partial charge in [0.15, 0.2) is 0 Å². The first-order chi connectivity index (χ1) is 8.06. The van der Waals surface area contributed by atoms with Crippen molar-refractivity contribution >= 4 is 23.2 Å². The molecule has 0 spiro atoms. The monoisotopic (exact) mass is 273 g/mol. The summed E-state index contributed by atoms with van der Waals surface area (Å²) in [6.45, 7) is 7.18. The molecule has 0 aliphatic carbocycles. The largest absolute Gasteiger partial charge is 0.305 e.